The van der Waals surface area contributed by atoms with Gasteiger partial charge in [-0.1, -0.05) is 48.9 Å². The lowest BCUT2D eigenvalue weighted by atomic mass is 9.91. The van der Waals surface area contributed by atoms with Crippen molar-refractivity contribution in [2.75, 3.05) is 18.9 Å². The van der Waals surface area contributed by atoms with Gasteiger partial charge in [0.25, 0.3) is 0 Å². The number of carboxylic acid groups (broad SMARTS) is 1. The summed E-state index contributed by atoms with van der Waals surface area (Å²) in [5.41, 5.74) is 2.58. The van der Waals surface area contributed by atoms with E-state index in [1.165, 1.54) is 24.3 Å². The molecule has 0 aliphatic carbocycles. The number of rotatable bonds is 6. The number of amides is 2. The van der Waals surface area contributed by atoms with E-state index in [2.05, 4.69) is 27.7 Å². The Labute approximate surface area is 231 Å². The number of likely N-dealkylation sites (N-methyl/N-ethyl adjacent to an activating group) is 1. The molecule has 4 aromatic rings. The zero-order valence-electron chi connectivity index (χ0n) is 21.8. The minimum absolute atomic E-state index is 0.0752. The van der Waals surface area contributed by atoms with Crippen molar-refractivity contribution in [2.45, 2.75) is 36.2 Å². The average molecular weight is 563 g/mol. The van der Waals surface area contributed by atoms with E-state index in [-0.39, 0.29) is 17.0 Å². The zero-order chi connectivity index (χ0) is 28.4. The SMILES string of the molecule is CN1CCCCC1C(NC(=O)Nc1ccc2c(c1)c(-c1ccc(S(N)(=O)=O)cc1)nn2C(=O)O)c1ccccc1. The van der Waals surface area contributed by atoms with Crippen LogP contribution in [0, 0.1) is 0 Å². The molecule has 1 saturated heterocycles. The number of nitrogens with one attached hydrogen (secondary N) is 2. The summed E-state index contributed by atoms with van der Waals surface area (Å²) in [6.45, 7) is 0.961. The molecule has 0 radical (unpaired) electrons. The smallest absolute Gasteiger partial charge is 0.432 e. The molecular formula is C28H30N6O5S. The zero-order valence-corrected chi connectivity index (χ0v) is 22.6. The summed E-state index contributed by atoms with van der Waals surface area (Å²) in [6, 6.07) is 19.9. The van der Waals surface area contributed by atoms with E-state index in [4.69, 9.17) is 5.14 Å². The Bertz CT molecular complexity index is 1650. The molecule has 2 amide bonds. The van der Waals surface area contributed by atoms with Gasteiger partial charge >= 0.3 is 12.1 Å². The van der Waals surface area contributed by atoms with Gasteiger partial charge in [0.05, 0.1) is 16.5 Å². The number of piperidine rings is 1. The maximum atomic E-state index is 13.3. The lowest BCUT2D eigenvalue weighted by Gasteiger charge is -2.38. The molecule has 1 aliphatic heterocycles. The van der Waals surface area contributed by atoms with E-state index in [1.54, 1.807) is 18.2 Å². The summed E-state index contributed by atoms with van der Waals surface area (Å²) in [6.07, 6.45) is 1.90. The Morgan fingerprint density at radius 2 is 1.77 bits per heavy atom. The molecule has 0 saturated carbocycles. The van der Waals surface area contributed by atoms with Crippen LogP contribution in [-0.2, 0) is 10.0 Å². The van der Waals surface area contributed by atoms with Gasteiger partial charge in [-0.05, 0) is 62.3 Å². The number of aromatic nitrogens is 2. The van der Waals surface area contributed by atoms with Gasteiger partial charge in [0.2, 0.25) is 10.0 Å². The van der Waals surface area contributed by atoms with Crippen LogP contribution in [0.15, 0.2) is 77.7 Å². The lowest BCUT2D eigenvalue weighted by molar-refractivity contribution is 0.147. The largest absolute Gasteiger partial charge is 0.463 e. The number of nitrogens with two attached hydrogens (primary N) is 1. The van der Waals surface area contributed by atoms with Gasteiger partial charge in [0.15, 0.2) is 0 Å². The normalized spacial score (nSPS) is 16.9. The van der Waals surface area contributed by atoms with Gasteiger partial charge in [0, 0.05) is 22.7 Å². The molecular weight excluding hydrogens is 532 g/mol. The van der Waals surface area contributed by atoms with Crippen LogP contribution in [0.2, 0.25) is 0 Å². The van der Waals surface area contributed by atoms with Crippen LogP contribution >= 0.6 is 0 Å². The van der Waals surface area contributed by atoms with Gasteiger partial charge in [-0.25, -0.2) is 23.1 Å². The van der Waals surface area contributed by atoms with Crippen molar-refractivity contribution >= 4 is 38.7 Å². The molecule has 1 aromatic heterocycles. The van der Waals surface area contributed by atoms with Crippen molar-refractivity contribution in [1.29, 1.82) is 0 Å². The monoisotopic (exact) mass is 562 g/mol. The third-order valence-corrected chi connectivity index (χ3v) is 8.16. The second-order valence-electron chi connectivity index (χ2n) is 9.87. The van der Waals surface area contributed by atoms with Crippen LogP contribution in [-0.4, -0.2) is 60.0 Å². The number of hydrogen-bond acceptors (Lipinski definition) is 6. The fourth-order valence-corrected chi connectivity index (χ4v) is 5.77. The average Bonchev–Trinajstić information content (AvgIpc) is 3.31. The molecule has 0 bridgehead atoms. The molecule has 5 N–H and O–H groups in total. The molecule has 208 valence electrons. The van der Waals surface area contributed by atoms with Crippen molar-refractivity contribution < 1.29 is 23.1 Å². The quantitative estimate of drug-likeness (QED) is 0.274. The van der Waals surface area contributed by atoms with Crippen LogP contribution in [0.4, 0.5) is 15.3 Å². The van der Waals surface area contributed by atoms with Crippen molar-refractivity contribution in [1.82, 2.24) is 20.0 Å². The number of urea groups is 1. The topological polar surface area (TPSA) is 160 Å². The number of likely N-dealkylation sites (tertiary alicyclic amines) is 1. The molecule has 40 heavy (non-hydrogen) atoms. The predicted molar refractivity (Wildman–Crippen MR) is 152 cm³/mol. The summed E-state index contributed by atoms with van der Waals surface area (Å²) >= 11 is 0. The highest BCUT2D eigenvalue weighted by atomic mass is 32.2. The highest BCUT2D eigenvalue weighted by molar-refractivity contribution is 7.89. The van der Waals surface area contributed by atoms with Crippen LogP contribution in [0.5, 0.6) is 0 Å². The Morgan fingerprint density at radius 1 is 1.05 bits per heavy atom. The van der Waals surface area contributed by atoms with Gasteiger partial charge in [-0.2, -0.15) is 9.78 Å². The van der Waals surface area contributed by atoms with E-state index in [0.717, 1.165) is 36.1 Å². The molecule has 3 aromatic carbocycles. The second-order valence-corrected chi connectivity index (χ2v) is 11.4. The minimum Gasteiger partial charge on any atom is -0.463 e. The number of hydrogen-bond donors (Lipinski definition) is 4. The maximum absolute atomic E-state index is 13.3. The highest BCUT2D eigenvalue weighted by Gasteiger charge is 2.30. The molecule has 2 heterocycles. The van der Waals surface area contributed by atoms with Crippen molar-refractivity contribution in [2.24, 2.45) is 5.14 Å². The highest BCUT2D eigenvalue weighted by Crippen LogP contribution is 2.32. The number of benzene rings is 3. The molecule has 5 rings (SSSR count). The van der Waals surface area contributed by atoms with E-state index in [0.29, 0.717) is 27.8 Å². The van der Waals surface area contributed by atoms with E-state index < -0.39 is 22.1 Å². The summed E-state index contributed by atoms with van der Waals surface area (Å²) in [5, 5.41) is 25.6. The third kappa shape index (κ3) is 5.69. The summed E-state index contributed by atoms with van der Waals surface area (Å²) in [7, 11) is -1.82. The molecule has 1 aliphatic rings. The van der Waals surface area contributed by atoms with Gasteiger partial charge < -0.3 is 20.6 Å². The first-order valence-corrected chi connectivity index (χ1v) is 14.4. The van der Waals surface area contributed by atoms with Crippen molar-refractivity contribution in [3.05, 3.63) is 78.4 Å². The van der Waals surface area contributed by atoms with Crippen LogP contribution in [0.1, 0.15) is 30.9 Å². The van der Waals surface area contributed by atoms with E-state index in [1.807, 2.05) is 30.3 Å². The standard InChI is InChI=1S/C28H30N6O5S/c1-33-16-6-5-9-24(33)26(18-7-3-2-4-8-18)31-27(35)30-20-12-15-23-22(17-20)25(32-34(23)28(36)37)19-10-13-21(14-11-19)40(29,38)39/h2-4,7-8,10-15,17,24,26H,5-6,9,16H2,1H3,(H,36,37)(H2,29,38,39)(H2,30,31,35). The van der Waals surface area contributed by atoms with Crippen LogP contribution < -0.4 is 15.8 Å². The Hall–Kier alpha value is -4.26. The van der Waals surface area contributed by atoms with Crippen LogP contribution in [0.25, 0.3) is 22.2 Å². The number of fused-ring (bicyclic) bond motifs is 1. The van der Waals surface area contributed by atoms with Gasteiger partial charge in [0.1, 0.15) is 5.69 Å². The number of primary sulfonamides is 1. The number of carbonyl (C=O) groups is 2. The van der Waals surface area contributed by atoms with Crippen molar-refractivity contribution in [3.63, 3.8) is 0 Å². The van der Waals surface area contributed by atoms with Gasteiger partial charge in [-0.3, -0.25) is 0 Å². The molecule has 11 nitrogen and oxygen atoms in total. The maximum Gasteiger partial charge on any atom is 0.432 e. The van der Waals surface area contributed by atoms with E-state index >= 15 is 0 Å². The molecule has 1 fully saturated rings. The minimum atomic E-state index is -3.89. The fourth-order valence-electron chi connectivity index (χ4n) is 5.25. The first-order valence-electron chi connectivity index (χ1n) is 12.8. The Morgan fingerprint density at radius 3 is 2.42 bits per heavy atom. The molecule has 2 atom stereocenters. The number of anilines is 1. The Kier molecular flexibility index (Phi) is 7.57. The molecule has 12 heteroatoms. The number of carbonyl (C=O) groups excluding carboxylic acids is 1. The fraction of sp³-hybridized carbons (Fsp3) is 0.250. The summed E-state index contributed by atoms with van der Waals surface area (Å²) in [4.78, 5) is 27.3. The lowest BCUT2D eigenvalue weighted by Crippen LogP contribution is -2.47. The van der Waals surface area contributed by atoms with Crippen molar-refractivity contribution in [3.8, 4) is 11.3 Å². The first-order chi connectivity index (χ1) is 19.1. The first kappa shape index (κ1) is 27.3. The Balaban J connectivity index is 1.45. The molecule has 0 spiro atoms. The summed E-state index contributed by atoms with van der Waals surface area (Å²) < 4.78 is 24.1. The number of nitrogens with zero attached hydrogens (tertiary/aromatic N) is 3. The van der Waals surface area contributed by atoms with E-state index in [9.17, 15) is 23.1 Å². The second kappa shape index (κ2) is 11.1. The number of sulfonamides is 1. The predicted octanol–water partition coefficient (Wildman–Crippen LogP) is 4.22. The summed E-state index contributed by atoms with van der Waals surface area (Å²) in [5.74, 6) is 0. The molecule has 2 unspecified atom stereocenters. The van der Waals surface area contributed by atoms with Crippen LogP contribution in [0.3, 0.4) is 0 Å². The van der Waals surface area contributed by atoms with Gasteiger partial charge in [-0.15, -0.1) is 0 Å². The third-order valence-electron chi connectivity index (χ3n) is 7.23.